The molecular weight excluding hydrogens is 367 g/mol. The van der Waals surface area contributed by atoms with Crippen LogP contribution < -0.4 is 5.32 Å². The van der Waals surface area contributed by atoms with Gasteiger partial charge < -0.3 is 10.1 Å². The molecule has 2 rings (SSSR count). The minimum absolute atomic E-state index is 0.232. The lowest BCUT2D eigenvalue weighted by Gasteiger charge is -2.34. The Morgan fingerprint density at radius 3 is 2.70 bits per heavy atom. The Labute approximate surface area is 142 Å². The smallest absolute Gasteiger partial charge is 0.338 e. The number of benzene rings is 1. The van der Waals surface area contributed by atoms with Crippen LogP contribution in [0.4, 0.5) is 9.18 Å². The molecule has 1 heterocycles. The summed E-state index contributed by atoms with van der Waals surface area (Å²) < 4.78 is 18.9. The monoisotopic (exact) mass is 384 g/mol. The number of nitrogens with zero attached hydrogens (tertiary/aromatic N) is 1. The molecule has 0 radical (unpaired) electrons. The van der Waals surface area contributed by atoms with Crippen LogP contribution in [0.1, 0.15) is 32.4 Å². The van der Waals surface area contributed by atoms with E-state index >= 15 is 0 Å². The number of esters is 1. The van der Waals surface area contributed by atoms with E-state index in [-0.39, 0.29) is 17.1 Å². The standard InChI is InChI=1S/C16H18BrFN2O3/c1-4-20-9(3)13(15(21)23-5-2)14(19-16(20)22)10-6-7-12(18)11(17)8-10/h6-8,14H,4-5H2,1-3H3,(H,19,22)/t14-/m1/s1. The maximum atomic E-state index is 13.5. The van der Waals surface area contributed by atoms with E-state index in [9.17, 15) is 14.0 Å². The Hall–Kier alpha value is -1.89. The minimum Gasteiger partial charge on any atom is -0.463 e. The average molecular weight is 385 g/mol. The van der Waals surface area contributed by atoms with Gasteiger partial charge in [-0.3, -0.25) is 4.90 Å². The van der Waals surface area contributed by atoms with Gasteiger partial charge in [0.2, 0.25) is 0 Å². The van der Waals surface area contributed by atoms with Crippen molar-refractivity contribution in [3.8, 4) is 0 Å². The number of rotatable bonds is 4. The second kappa shape index (κ2) is 7.12. The van der Waals surface area contributed by atoms with Gasteiger partial charge in [-0.2, -0.15) is 0 Å². The summed E-state index contributed by atoms with van der Waals surface area (Å²) >= 11 is 3.13. The third kappa shape index (κ3) is 3.39. The molecule has 2 amide bonds. The van der Waals surface area contributed by atoms with Crippen LogP contribution in [-0.4, -0.2) is 30.1 Å². The molecule has 0 fully saturated rings. The van der Waals surface area contributed by atoms with Gasteiger partial charge in [0.25, 0.3) is 0 Å². The largest absolute Gasteiger partial charge is 0.463 e. The van der Waals surface area contributed by atoms with Gasteiger partial charge in [-0.15, -0.1) is 0 Å². The highest BCUT2D eigenvalue weighted by molar-refractivity contribution is 9.10. The van der Waals surface area contributed by atoms with Gasteiger partial charge in [0.05, 0.1) is 22.7 Å². The molecule has 1 aliphatic rings. The van der Waals surface area contributed by atoms with E-state index in [1.165, 1.54) is 11.0 Å². The van der Waals surface area contributed by atoms with E-state index in [1.54, 1.807) is 26.0 Å². The van der Waals surface area contributed by atoms with Crippen molar-refractivity contribution in [2.75, 3.05) is 13.2 Å². The number of hydrogen-bond donors (Lipinski definition) is 1. The van der Waals surface area contributed by atoms with Crippen molar-refractivity contribution in [3.05, 3.63) is 45.3 Å². The Bertz CT molecular complexity index is 675. The molecule has 124 valence electrons. The molecule has 1 aromatic rings. The Morgan fingerprint density at radius 2 is 2.13 bits per heavy atom. The van der Waals surface area contributed by atoms with Crippen LogP contribution in [0.15, 0.2) is 33.9 Å². The lowest BCUT2D eigenvalue weighted by atomic mass is 9.95. The van der Waals surface area contributed by atoms with Gasteiger partial charge in [0.1, 0.15) is 5.82 Å². The highest BCUT2D eigenvalue weighted by Gasteiger charge is 2.35. The number of urea groups is 1. The van der Waals surface area contributed by atoms with Crippen LogP contribution in [-0.2, 0) is 9.53 Å². The van der Waals surface area contributed by atoms with E-state index in [1.807, 2.05) is 6.92 Å². The Morgan fingerprint density at radius 1 is 1.43 bits per heavy atom. The van der Waals surface area contributed by atoms with Gasteiger partial charge in [-0.05, 0) is 54.4 Å². The fraction of sp³-hybridized carbons (Fsp3) is 0.375. The second-order valence-corrected chi connectivity index (χ2v) is 5.87. The second-order valence-electron chi connectivity index (χ2n) is 5.02. The van der Waals surface area contributed by atoms with Crippen molar-refractivity contribution in [3.63, 3.8) is 0 Å². The van der Waals surface area contributed by atoms with E-state index < -0.39 is 17.8 Å². The zero-order valence-corrected chi connectivity index (χ0v) is 14.7. The van der Waals surface area contributed by atoms with Crippen LogP contribution in [0.5, 0.6) is 0 Å². The number of allylic oxidation sites excluding steroid dienone is 1. The summed E-state index contributed by atoms with van der Waals surface area (Å²) in [5.41, 5.74) is 1.50. The highest BCUT2D eigenvalue weighted by Crippen LogP contribution is 2.32. The van der Waals surface area contributed by atoms with Gasteiger partial charge in [0.15, 0.2) is 0 Å². The molecule has 1 atom stereocenters. The van der Waals surface area contributed by atoms with Crippen molar-refractivity contribution in [2.45, 2.75) is 26.8 Å². The normalized spacial score (nSPS) is 18.0. The zero-order chi connectivity index (χ0) is 17.1. The molecule has 0 spiro atoms. The molecule has 0 saturated heterocycles. The summed E-state index contributed by atoms with van der Waals surface area (Å²) in [6.07, 6.45) is 0. The molecule has 7 heteroatoms. The zero-order valence-electron chi connectivity index (χ0n) is 13.2. The minimum atomic E-state index is -0.679. The summed E-state index contributed by atoms with van der Waals surface area (Å²) in [7, 11) is 0. The van der Waals surface area contributed by atoms with Crippen molar-refractivity contribution >= 4 is 27.9 Å². The lowest BCUT2D eigenvalue weighted by Crippen LogP contribution is -2.47. The van der Waals surface area contributed by atoms with Crippen LogP contribution in [0.3, 0.4) is 0 Å². The van der Waals surface area contributed by atoms with Crippen LogP contribution >= 0.6 is 15.9 Å². The predicted molar refractivity (Wildman–Crippen MR) is 87.1 cm³/mol. The topological polar surface area (TPSA) is 58.6 Å². The average Bonchev–Trinajstić information content (AvgIpc) is 2.50. The number of carbonyl (C=O) groups excluding carboxylic acids is 2. The first kappa shape index (κ1) is 17.5. The molecule has 0 saturated carbocycles. The first-order chi connectivity index (χ1) is 10.9. The first-order valence-electron chi connectivity index (χ1n) is 7.31. The molecule has 0 bridgehead atoms. The predicted octanol–water partition coefficient (Wildman–Crippen LogP) is 3.51. The molecule has 1 N–H and O–H groups in total. The summed E-state index contributed by atoms with van der Waals surface area (Å²) in [4.78, 5) is 26.1. The molecular formula is C16H18BrFN2O3. The SMILES string of the molecule is CCOC(=O)C1=C(C)N(CC)C(=O)N[C@@H]1c1ccc(F)c(Br)c1. The fourth-order valence-electron chi connectivity index (χ4n) is 2.58. The van der Waals surface area contributed by atoms with Crippen molar-refractivity contribution in [1.82, 2.24) is 10.2 Å². The van der Waals surface area contributed by atoms with Crippen molar-refractivity contribution in [2.24, 2.45) is 0 Å². The van der Waals surface area contributed by atoms with Gasteiger partial charge in [0, 0.05) is 12.2 Å². The quantitative estimate of drug-likeness (QED) is 0.807. The van der Waals surface area contributed by atoms with Crippen LogP contribution in [0, 0.1) is 5.82 Å². The van der Waals surface area contributed by atoms with Crippen LogP contribution in [0.2, 0.25) is 0 Å². The number of carbonyl (C=O) groups is 2. The van der Waals surface area contributed by atoms with Crippen molar-refractivity contribution in [1.29, 1.82) is 0 Å². The van der Waals surface area contributed by atoms with Gasteiger partial charge in [-0.25, -0.2) is 14.0 Å². The maximum absolute atomic E-state index is 13.5. The number of halogens is 2. The third-order valence-corrected chi connectivity index (χ3v) is 4.29. The number of hydrogen-bond acceptors (Lipinski definition) is 3. The molecule has 5 nitrogen and oxygen atoms in total. The summed E-state index contributed by atoms with van der Waals surface area (Å²) in [6.45, 7) is 5.91. The Balaban J connectivity index is 2.54. The molecule has 0 aliphatic carbocycles. The van der Waals surface area contributed by atoms with E-state index in [0.717, 1.165) is 0 Å². The van der Waals surface area contributed by atoms with Crippen LogP contribution in [0.25, 0.3) is 0 Å². The molecule has 1 aliphatic heterocycles. The lowest BCUT2D eigenvalue weighted by molar-refractivity contribution is -0.139. The molecule has 0 unspecified atom stereocenters. The van der Waals surface area contributed by atoms with E-state index in [0.29, 0.717) is 23.4 Å². The van der Waals surface area contributed by atoms with Gasteiger partial charge >= 0.3 is 12.0 Å². The fourth-order valence-corrected chi connectivity index (χ4v) is 2.97. The maximum Gasteiger partial charge on any atom is 0.338 e. The summed E-state index contributed by atoms with van der Waals surface area (Å²) in [5.74, 6) is -0.904. The summed E-state index contributed by atoms with van der Waals surface area (Å²) in [5, 5.41) is 2.79. The molecule has 0 aromatic heterocycles. The number of amides is 2. The van der Waals surface area contributed by atoms with E-state index in [4.69, 9.17) is 4.74 Å². The number of ether oxygens (including phenoxy) is 1. The number of nitrogens with one attached hydrogen (secondary N) is 1. The molecule has 1 aromatic carbocycles. The van der Waals surface area contributed by atoms with Crippen molar-refractivity contribution < 1.29 is 18.7 Å². The highest BCUT2D eigenvalue weighted by atomic mass is 79.9. The van der Waals surface area contributed by atoms with E-state index in [2.05, 4.69) is 21.2 Å². The summed E-state index contributed by atoms with van der Waals surface area (Å²) in [6, 6.07) is 3.40. The Kier molecular flexibility index (Phi) is 5.41. The first-order valence-corrected chi connectivity index (χ1v) is 8.10. The van der Waals surface area contributed by atoms with Gasteiger partial charge in [-0.1, -0.05) is 6.07 Å². The molecule has 23 heavy (non-hydrogen) atoms. The third-order valence-electron chi connectivity index (χ3n) is 3.68.